The Labute approximate surface area is 118 Å². The molecule has 2 N–H and O–H groups in total. The summed E-state index contributed by atoms with van der Waals surface area (Å²) < 4.78 is 0. The van der Waals surface area contributed by atoms with E-state index in [1.54, 1.807) is 11.3 Å². The van der Waals surface area contributed by atoms with Crippen LogP contribution in [0.4, 0.5) is 5.69 Å². The minimum absolute atomic E-state index is 0.413. The van der Waals surface area contributed by atoms with Crippen LogP contribution in [0.25, 0.3) is 0 Å². The molecule has 2 nitrogen and oxygen atoms in total. The summed E-state index contributed by atoms with van der Waals surface area (Å²) in [4.78, 5) is 4.64. The van der Waals surface area contributed by atoms with Crippen molar-refractivity contribution in [1.29, 1.82) is 0 Å². The molecule has 0 unspecified atom stereocenters. The van der Waals surface area contributed by atoms with Crippen LogP contribution >= 0.6 is 11.3 Å². The van der Waals surface area contributed by atoms with Gasteiger partial charge in [-0.1, -0.05) is 24.0 Å². The van der Waals surface area contributed by atoms with Crippen molar-refractivity contribution in [1.82, 2.24) is 0 Å². The summed E-state index contributed by atoms with van der Waals surface area (Å²) in [5.41, 5.74) is 7.90. The lowest BCUT2D eigenvalue weighted by atomic mass is 10.2. The van der Waals surface area contributed by atoms with Gasteiger partial charge < -0.3 is 10.6 Å². The Bertz CT molecular complexity index is 604. The highest BCUT2D eigenvalue weighted by atomic mass is 32.1. The van der Waals surface area contributed by atoms with Gasteiger partial charge in [0, 0.05) is 17.6 Å². The lowest BCUT2D eigenvalue weighted by Gasteiger charge is -2.18. The summed E-state index contributed by atoms with van der Waals surface area (Å²) in [7, 11) is 2.11. The molecule has 0 bridgehead atoms. The van der Waals surface area contributed by atoms with E-state index in [2.05, 4.69) is 67.1 Å². The first-order valence-electron chi connectivity index (χ1n) is 6.24. The predicted molar refractivity (Wildman–Crippen MR) is 83.5 cm³/mol. The zero-order valence-electron chi connectivity index (χ0n) is 11.3. The van der Waals surface area contributed by atoms with E-state index >= 15 is 0 Å². The second kappa shape index (κ2) is 6.42. The quantitative estimate of drug-likeness (QED) is 0.869. The number of anilines is 1. The molecular weight excluding hydrogens is 252 g/mol. The SMILES string of the molecule is Cc1cccc(N(C)Cc2ccc(C#CCN)s2)c1. The molecule has 0 saturated carbocycles. The Morgan fingerprint density at radius 3 is 2.84 bits per heavy atom. The van der Waals surface area contributed by atoms with Gasteiger partial charge in [0.15, 0.2) is 0 Å². The van der Waals surface area contributed by atoms with Crippen molar-refractivity contribution in [3.8, 4) is 11.8 Å². The number of nitrogens with zero attached hydrogens (tertiary/aromatic N) is 1. The second-order valence-electron chi connectivity index (χ2n) is 4.47. The van der Waals surface area contributed by atoms with Crippen LogP contribution in [0, 0.1) is 18.8 Å². The van der Waals surface area contributed by atoms with Crippen molar-refractivity contribution in [3.63, 3.8) is 0 Å². The van der Waals surface area contributed by atoms with Gasteiger partial charge in [0.25, 0.3) is 0 Å². The predicted octanol–water partition coefficient (Wildman–Crippen LogP) is 3.00. The molecule has 1 aromatic carbocycles. The minimum atomic E-state index is 0.413. The molecule has 0 aliphatic rings. The van der Waals surface area contributed by atoms with Crippen LogP contribution in [0.1, 0.15) is 15.3 Å². The van der Waals surface area contributed by atoms with Gasteiger partial charge in [-0.25, -0.2) is 0 Å². The first kappa shape index (κ1) is 13.7. The maximum Gasteiger partial charge on any atom is 0.0772 e. The average molecular weight is 270 g/mol. The number of aryl methyl sites for hydroxylation is 1. The van der Waals surface area contributed by atoms with E-state index < -0.39 is 0 Å². The zero-order valence-corrected chi connectivity index (χ0v) is 12.1. The molecule has 0 fully saturated rings. The van der Waals surface area contributed by atoms with E-state index in [-0.39, 0.29) is 0 Å². The maximum absolute atomic E-state index is 5.38. The van der Waals surface area contributed by atoms with Gasteiger partial charge in [0.05, 0.1) is 18.0 Å². The number of hydrogen-bond donors (Lipinski definition) is 1. The molecule has 0 saturated heterocycles. The molecule has 0 aliphatic carbocycles. The van der Waals surface area contributed by atoms with Crippen LogP contribution in [0.5, 0.6) is 0 Å². The topological polar surface area (TPSA) is 29.3 Å². The third-order valence-corrected chi connectivity index (χ3v) is 3.80. The standard InChI is InChI=1S/C16H18N2S/c1-13-5-3-6-14(11-13)18(2)12-16-9-8-15(19-16)7-4-10-17/h3,5-6,8-9,11H,10,12,17H2,1-2H3. The van der Waals surface area contributed by atoms with E-state index in [9.17, 15) is 0 Å². The van der Waals surface area contributed by atoms with Crippen LogP contribution in [0.3, 0.4) is 0 Å². The van der Waals surface area contributed by atoms with E-state index in [1.165, 1.54) is 16.1 Å². The fourth-order valence-electron chi connectivity index (χ4n) is 1.86. The number of benzene rings is 1. The molecular formula is C16H18N2S. The minimum Gasteiger partial charge on any atom is -0.369 e. The lowest BCUT2D eigenvalue weighted by Crippen LogP contribution is -2.15. The fraction of sp³-hybridized carbons (Fsp3) is 0.250. The van der Waals surface area contributed by atoms with Crippen molar-refractivity contribution in [2.24, 2.45) is 5.73 Å². The Morgan fingerprint density at radius 1 is 1.26 bits per heavy atom. The van der Waals surface area contributed by atoms with Gasteiger partial charge in [-0.15, -0.1) is 11.3 Å². The van der Waals surface area contributed by atoms with Crippen molar-refractivity contribution < 1.29 is 0 Å². The molecule has 0 atom stereocenters. The highest BCUT2D eigenvalue weighted by molar-refractivity contribution is 7.12. The third-order valence-electron chi connectivity index (χ3n) is 2.81. The third kappa shape index (κ3) is 3.85. The van der Waals surface area contributed by atoms with Crippen LogP contribution in [-0.2, 0) is 6.54 Å². The molecule has 3 heteroatoms. The van der Waals surface area contributed by atoms with Crippen molar-refractivity contribution in [2.75, 3.05) is 18.5 Å². The Balaban J connectivity index is 2.06. The number of nitrogens with two attached hydrogens (primary N) is 1. The van der Waals surface area contributed by atoms with Crippen LogP contribution in [-0.4, -0.2) is 13.6 Å². The summed E-state index contributed by atoms with van der Waals surface area (Å²) in [6.45, 7) is 3.43. The molecule has 98 valence electrons. The molecule has 2 aromatic rings. The first-order chi connectivity index (χ1) is 9.19. The first-order valence-corrected chi connectivity index (χ1v) is 7.06. The molecule has 0 spiro atoms. The number of hydrogen-bond acceptors (Lipinski definition) is 3. The second-order valence-corrected chi connectivity index (χ2v) is 5.64. The van der Waals surface area contributed by atoms with E-state index in [0.717, 1.165) is 11.4 Å². The number of thiophene rings is 1. The summed E-state index contributed by atoms with van der Waals surface area (Å²) >= 11 is 1.73. The molecule has 0 amide bonds. The van der Waals surface area contributed by atoms with Crippen LogP contribution < -0.4 is 10.6 Å². The molecule has 19 heavy (non-hydrogen) atoms. The molecule has 0 radical (unpaired) electrons. The van der Waals surface area contributed by atoms with Gasteiger partial charge in [0.1, 0.15) is 0 Å². The fourth-order valence-corrected chi connectivity index (χ4v) is 2.79. The summed E-state index contributed by atoms with van der Waals surface area (Å²) in [5.74, 6) is 5.96. The van der Waals surface area contributed by atoms with Gasteiger partial charge in [0.2, 0.25) is 0 Å². The average Bonchev–Trinajstić information content (AvgIpc) is 2.84. The lowest BCUT2D eigenvalue weighted by molar-refractivity contribution is 0.939. The van der Waals surface area contributed by atoms with Crippen molar-refractivity contribution in [2.45, 2.75) is 13.5 Å². The van der Waals surface area contributed by atoms with Gasteiger partial charge in [-0.2, -0.15) is 0 Å². The van der Waals surface area contributed by atoms with E-state index in [0.29, 0.717) is 6.54 Å². The Hall–Kier alpha value is -1.76. The smallest absolute Gasteiger partial charge is 0.0772 e. The highest BCUT2D eigenvalue weighted by Crippen LogP contribution is 2.21. The maximum atomic E-state index is 5.38. The molecule has 1 heterocycles. The Morgan fingerprint density at radius 2 is 2.11 bits per heavy atom. The summed E-state index contributed by atoms with van der Waals surface area (Å²) in [6, 6.07) is 12.7. The molecule has 0 aliphatic heterocycles. The van der Waals surface area contributed by atoms with Crippen molar-refractivity contribution >= 4 is 17.0 Å². The number of rotatable bonds is 3. The van der Waals surface area contributed by atoms with Crippen molar-refractivity contribution in [3.05, 3.63) is 51.7 Å². The van der Waals surface area contributed by atoms with Gasteiger partial charge >= 0.3 is 0 Å². The van der Waals surface area contributed by atoms with E-state index in [1.807, 2.05) is 0 Å². The Kier molecular flexibility index (Phi) is 4.62. The zero-order chi connectivity index (χ0) is 13.7. The van der Waals surface area contributed by atoms with Gasteiger partial charge in [-0.3, -0.25) is 0 Å². The monoisotopic (exact) mass is 270 g/mol. The van der Waals surface area contributed by atoms with Gasteiger partial charge in [-0.05, 0) is 36.8 Å². The molecule has 1 aromatic heterocycles. The summed E-state index contributed by atoms with van der Waals surface area (Å²) in [5, 5.41) is 0. The normalized spacial score (nSPS) is 9.84. The summed E-state index contributed by atoms with van der Waals surface area (Å²) in [6.07, 6.45) is 0. The van der Waals surface area contributed by atoms with Crippen LogP contribution in [0.2, 0.25) is 0 Å². The van der Waals surface area contributed by atoms with Crippen LogP contribution in [0.15, 0.2) is 36.4 Å². The highest BCUT2D eigenvalue weighted by Gasteiger charge is 2.04. The molecule has 2 rings (SSSR count). The largest absolute Gasteiger partial charge is 0.369 e. The van der Waals surface area contributed by atoms with E-state index in [4.69, 9.17) is 5.73 Å².